The number of amides is 2. The average Bonchev–Trinajstić information content (AvgIpc) is 3.24. The predicted octanol–water partition coefficient (Wildman–Crippen LogP) is 4.19. The molecular formula is C24H29F3N4O3S. The Kier molecular flexibility index (Phi) is 8.32. The van der Waals surface area contributed by atoms with Crippen molar-refractivity contribution in [2.24, 2.45) is 5.92 Å². The summed E-state index contributed by atoms with van der Waals surface area (Å²) in [5, 5.41) is 24.4. The predicted molar refractivity (Wildman–Crippen MR) is 126 cm³/mol. The fourth-order valence-electron chi connectivity index (χ4n) is 4.25. The second-order valence-electron chi connectivity index (χ2n) is 9.10. The standard InChI is InChI=1S/C24H29F3N4O3S/c1-14(10-19(28)16-6-8-23(34,9-7-16)20-11-15(2)31-35-20)30-21(32)13-29-22(33)17-4-3-5-18(12-17)24(25,26)27/h3-5,11-12,14,16,28,34H,6-10,13H2,1-2H3,(H,29,33)(H,30,32)/t14-,16?,23?/m1/s1. The Labute approximate surface area is 205 Å². The lowest BCUT2D eigenvalue weighted by Gasteiger charge is -2.35. The number of alkyl halides is 3. The summed E-state index contributed by atoms with van der Waals surface area (Å²) in [5.41, 5.74) is -0.657. The summed E-state index contributed by atoms with van der Waals surface area (Å²) < 4.78 is 42.7. The van der Waals surface area contributed by atoms with Crippen molar-refractivity contribution in [1.82, 2.24) is 15.0 Å². The van der Waals surface area contributed by atoms with Gasteiger partial charge < -0.3 is 21.1 Å². The maximum absolute atomic E-state index is 12.8. The molecule has 1 aromatic heterocycles. The van der Waals surface area contributed by atoms with Crippen molar-refractivity contribution in [2.45, 2.75) is 63.8 Å². The van der Waals surface area contributed by atoms with E-state index in [0.29, 0.717) is 37.8 Å². The Morgan fingerprint density at radius 1 is 1.29 bits per heavy atom. The number of aromatic nitrogens is 1. The first-order chi connectivity index (χ1) is 16.4. The van der Waals surface area contributed by atoms with Crippen LogP contribution in [0.3, 0.4) is 0 Å². The van der Waals surface area contributed by atoms with Crippen LogP contribution >= 0.6 is 11.5 Å². The van der Waals surface area contributed by atoms with Gasteiger partial charge in [0, 0.05) is 23.7 Å². The minimum Gasteiger partial charge on any atom is -0.384 e. The van der Waals surface area contributed by atoms with E-state index in [1.807, 2.05) is 13.0 Å². The Morgan fingerprint density at radius 3 is 2.57 bits per heavy atom. The fourth-order valence-corrected chi connectivity index (χ4v) is 5.14. The molecule has 0 aliphatic heterocycles. The maximum Gasteiger partial charge on any atom is 0.416 e. The van der Waals surface area contributed by atoms with E-state index in [-0.39, 0.29) is 17.5 Å². The van der Waals surface area contributed by atoms with Gasteiger partial charge in [-0.05, 0) is 81.2 Å². The molecule has 11 heteroatoms. The van der Waals surface area contributed by atoms with Gasteiger partial charge in [-0.2, -0.15) is 17.5 Å². The third-order valence-corrected chi connectivity index (χ3v) is 7.26. The van der Waals surface area contributed by atoms with Crippen molar-refractivity contribution in [2.75, 3.05) is 6.54 Å². The molecule has 1 fully saturated rings. The van der Waals surface area contributed by atoms with Crippen LogP contribution in [0.5, 0.6) is 0 Å². The number of hydrogen-bond donors (Lipinski definition) is 4. The molecule has 35 heavy (non-hydrogen) atoms. The molecule has 1 aliphatic carbocycles. The Bertz CT molecular complexity index is 1080. The third kappa shape index (κ3) is 7.11. The van der Waals surface area contributed by atoms with Gasteiger partial charge in [0.2, 0.25) is 5.91 Å². The maximum atomic E-state index is 12.8. The SMILES string of the molecule is Cc1cc(C2(O)CCC(C(=N)C[C@@H](C)NC(=O)CNC(=O)c3cccc(C(F)(F)F)c3)CC2)sn1. The van der Waals surface area contributed by atoms with Crippen LogP contribution in [0.4, 0.5) is 13.2 Å². The van der Waals surface area contributed by atoms with Gasteiger partial charge in [-0.25, -0.2) is 0 Å². The highest BCUT2D eigenvalue weighted by atomic mass is 32.1. The van der Waals surface area contributed by atoms with Crippen molar-refractivity contribution >= 4 is 29.1 Å². The first-order valence-corrected chi connectivity index (χ1v) is 12.1. The molecule has 1 aromatic carbocycles. The van der Waals surface area contributed by atoms with Crippen LogP contribution in [0.25, 0.3) is 0 Å². The van der Waals surface area contributed by atoms with E-state index in [9.17, 15) is 27.9 Å². The second-order valence-corrected chi connectivity index (χ2v) is 9.90. The number of carbonyl (C=O) groups is 2. The van der Waals surface area contributed by atoms with E-state index in [4.69, 9.17) is 5.41 Å². The number of carbonyl (C=O) groups excluding carboxylic acids is 2. The number of aliphatic hydroxyl groups is 1. The van der Waals surface area contributed by atoms with Crippen LogP contribution in [0.1, 0.15) is 65.5 Å². The van der Waals surface area contributed by atoms with E-state index < -0.39 is 35.7 Å². The molecule has 1 aliphatic rings. The molecule has 2 amide bonds. The van der Waals surface area contributed by atoms with Gasteiger partial charge in [0.15, 0.2) is 0 Å². The molecule has 0 saturated heterocycles. The van der Waals surface area contributed by atoms with Crippen molar-refractivity contribution in [3.63, 3.8) is 0 Å². The number of nitrogens with one attached hydrogen (secondary N) is 3. The minimum atomic E-state index is -4.56. The molecule has 0 unspecified atom stereocenters. The summed E-state index contributed by atoms with van der Waals surface area (Å²) in [5.74, 6) is -1.26. The molecule has 4 N–H and O–H groups in total. The van der Waals surface area contributed by atoms with Crippen molar-refractivity contribution in [3.8, 4) is 0 Å². The Hall–Kier alpha value is -2.79. The van der Waals surface area contributed by atoms with Crippen LogP contribution in [0.2, 0.25) is 0 Å². The number of benzene rings is 1. The average molecular weight is 511 g/mol. The van der Waals surface area contributed by atoms with Crippen molar-refractivity contribution in [3.05, 3.63) is 52.0 Å². The molecule has 2 aromatic rings. The van der Waals surface area contributed by atoms with Gasteiger partial charge in [0.05, 0.1) is 22.7 Å². The molecule has 1 saturated carbocycles. The molecule has 190 valence electrons. The van der Waals surface area contributed by atoms with Crippen LogP contribution in [-0.4, -0.2) is 39.6 Å². The number of rotatable bonds is 8. The van der Waals surface area contributed by atoms with Crippen LogP contribution in [0.15, 0.2) is 30.3 Å². The molecule has 0 bridgehead atoms. The van der Waals surface area contributed by atoms with Gasteiger partial charge in [-0.1, -0.05) is 6.07 Å². The molecule has 3 rings (SSSR count). The number of hydrogen-bond acceptors (Lipinski definition) is 6. The Balaban J connectivity index is 1.42. The second kappa shape index (κ2) is 10.9. The van der Waals surface area contributed by atoms with E-state index in [2.05, 4.69) is 15.0 Å². The van der Waals surface area contributed by atoms with E-state index in [1.54, 1.807) is 6.92 Å². The molecular weight excluding hydrogens is 481 g/mol. The van der Waals surface area contributed by atoms with Gasteiger partial charge in [-0.15, -0.1) is 0 Å². The summed E-state index contributed by atoms with van der Waals surface area (Å²) in [7, 11) is 0. The minimum absolute atomic E-state index is 0.0178. The molecule has 0 radical (unpaired) electrons. The number of halogens is 3. The number of nitrogens with zero attached hydrogens (tertiary/aromatic N) is 1. The van der Waals surface area contributed by atoms with Gasteiger partial charge in [0.25, 0.3) is 5.91 Å². The van der Waals surface area contributed by atoms with Crippen LogP contribution in [-0.2, 0) is 16.6 Å². The zero-order chi connectivity index (χ0) is 25.8. The summed E-state index contributed by atoms with van der Waals surface area (Å²) >= 11 is 1.31. The largest absolute Gasteiger partial charge is 0.416 e. The lowest BCUT2D eigenvalue weighted by molar-refractivity contribution is -0.137. The lowest BCUT2D eigenvalue weighted by atomic mass is 9.75. The Morgan fingerprint density at radius 2 is 1.97 bits per heavy atom. The van der Waals surface area contributed by atoms with Gasteiger partial charge in [0.1, 0.15) is 5.60 Å². The molecule has 7 nitrogen and oxygen atoms in total. The van der Waals surface area contributed by atoms with Crippen molar-refractivity contribution < 1.29 is 27.9 Å². The zero-order valence-electron chi connectivity index (χ0n) is 19.5. The highest BCUT2D eigenvalue weighted by Crippen LogP contribution is 2.41. The van der Waals surface area contributed by atoms with E-state index in [0.717, 1.165) is 28.8 Å². The highest BCUT2D eigenvalue weighted by molar-refractivity contribution is 7.06. The van der Waals surface area contributed by atoms with E-state index >= 15 is 0 Å². The quantitative estimate of drug-likeness (QED) is 0.399. The highest BCUT2D eigenvalue weighted by Gasteiger charge is 2.37. The molecule has 1 heterocycles. The number of aryl methyl sites for hydroxylation is 1. The smallest absolute Gasteiger partial charge is 0.384 e. The summed E-state index contributed by atoms with van der Waals surface area (Å²) in [6.45, 7) is 3.24. The molecule has 1 atom stereocenters. The first kappa shape index (κ1) is 26.8. The first-order valence-electron chi connectivity index (χ1n) is 11.4. The van der Waals surface area contributed by atoms with Gasteiger partial charge >= 0.3 is 6.18 Å². The monoisotopic (exact) mass is 510 g/mol. The zero-order valence-corrected chi connectivity index (χ0v) is 20.4. The third-order valence-electron chi connectivity index (χ3n) is 6.19. The van der Waals surface area contributed by atoms with Crippen LogP contribution < -0.4 is 10.6 Å². The normalized spacial score (nSPS) is 21.3. The van der Waals surface area contributed by atoms with Gasteiger partial charge in [-0.3, -0.25) is 9.59 Å². The topological polar surface area (TPSA) is 115 Å². The summed E-state index contributed by atoms with van der Waals surface area (Å²) in [4.78, 5) is 25.2. The summed E-state index contributed by atoms with van der Waals surface area (Å²) in [6, 6.07) is 5.53. The summed E-state index contributed by atoms with van der Waals surface area (Å²) in [6.07, 6.45) is -1.81. The fraction of sp³-hybridized carbons (Fsp3) is 0.500. The van der Waals surface area contributed by atoms with Crippen molar-refractivity contribution in [1.29, 1.82) is 5.41 Å². The van der Waals surface area contributed by atoms with Crippen LogP contribution in [0, 0.1) is 18.3 Å². The molecule has 0 spiro atoms. The lowest BCUT2D eigenvalue weighted by Crippen LogP contribution is -2.42. The van der Waals surface area contributed by atoms with E-state index in [1.165, 1.54) is 17.6 Å².